The number of hydrogen-bond acceptors (Lipinski definition) is 8. The van der Waals surface area contributed by atoms with E-state index in [-0.39, 0.29) is 19.1 Å². The highest BCUT2D eigenvalue weighted by atomic mass is 16.3. The molecule has 0 spiro atoms. The van der Waals surface area contributed by atoms with E-state index in [0.717, 1.165) is 22.4 Å². The minimum absolute atomic E-state index is 0.141. The fourth-order valence-electron chi connectivity index (χ4n) is 3.26. The van der Waals surface area contributed by atoms with Gasteiger partial charge in [0.15, 0.2) is 5.65 Å². The van der Waals surface area contributed by atoms with Crippen molar-refractivity contribution >= 4 is 17.5 Å². The van der Waals surface area contributed by atoms with E-state index >= 15 is 0 Å². The zero-order valence-electron chi connectivity index (χ0n) is 18.1. The van der Waals surface area contributed by atoms with Crippen LogP contribution in [0.15, 0.2) is 54.9 Å². The summed E-state index contributed by atoms with van der Waals surface area (Å²) in [5, 5.41) is 29.5. The lowest BCUT2D eigenvalue weighted by molar-refractivity contribution is 0.105. The second-order valence-corrected chi connectivity index (χ2v) is 7.85. The molecule has 0 radical (unpaired) electrons. The quantitative estimate of drug-likeness (QED) is 0.318. The van der Waals surface area contributed by atoms with Gasteiger partial charge < -0.3 is 20.8 Å². The molecule has 0 fully saturated rings. The van der Waals surface area contributed by atoms with Crippen molar-refractivity contribution in [2.24, 2.45) is 0 Å². The Labute approximate surface area is 186 Å². The summed E-state index contributed by atoms with van der Waals surface area (Å²) in [5.41, 5.74) is 4.67. The SMILES string of the molecule is CC(C)c1cnn2c(NCc3ccc(-c4ccccc4)nc3)nc(NC[C@@H](O)CO)nc12. The van der Waals surface area contributed by atoms with E-state index in [1.807, 2.05) is 48.7 Å². The maximum Gasteiger partial charge on any atom is 0.229 e. The van der Waals surface area contributed by atoms with Crippen molar-refractivity contribution in [1.29, 1.82) is 0 Å². The molecule has 4 aromatic rings. The van der Waals surface area contributed by atoms with Gasteiger partial charge in [-0.05, 0) is 17.5 Å². The van der Waals surface area contributed by atoms with Crippen LogP contribution in [-0.2, 0) is 6.54 Å². The number of aliphatic hydroxyl groups is 2. The number of benzene rings is 1. The molecule has 1 atom stereocenters. The lowest BCUT2D eigenvalue weighted by Gasteiger charge is -2.13. The number of rotatable bonds is 9. The zero-order valence-corrected chi connectivity index (χ0v) is 18.1. The predicted octanol–water partition coefficient (Wildman–Crippen LogP) is 2.69. The second kappa shape index (κ2) is 9.71. The smallest absolute Gasteiger partial charge is 0.229 e. The molecular formula is C23H27N7O2. The Morgan fingerprint density at radius 1 is 1.00 bits per heavy atom. The average Bonchev–Trinajstić information content (AvgIpc) is 3.26. The molecule has 0 amide bonds. The van der Waals surface area contributed by atoms with Crippen LogP contribution in [0.25, 0.3) is 16.9 Å². The number of pyridine rings is 1. The molecule has 0 aliphatic rings. The van der Waals surface area contributed by atoms with Gasteiger partial charge in [-0.1, -0.05) is 50.2 Å². The van der Waals surface area contributed by atoms with E-state index in [4.69, 9.17) is 5.11 Å². The Balaban J connectivity index is 1.56. The molecule has 0 aliphatic carbocycles. The van der Waals surface area contributed by atoms with E-state index < -0.39 is 6.10 Å². The fraction of sp³-hybridized carbons (Fsp3) is 0.304. The number of hydrogen-bond donors (Lipinski definition) is 4. The third-order valence-corrected chi connectivity index (χ3v) is 5.07. The van der Waals surface area contributed by atoms with Gasteiger partial charge >= 0.3 is 0 Å². The van der Waals surface area contributed by atoms with Crippen LogP contribution in [0.5, 0.6) is 0 Å². The average molecular weight is 434 g/mol. The summed E-state index contributed by atoms with van der Waals surface area (Å²) in [6.07, 6.45) is 2.74. The van der Waals surface area contributed by atoms with E-state index in [1.165, 1.54) is 0 Å². The summed E-state index contributed by atoms with van der Waals surface area (Å²) in [4.78, 5) is 13.6. The molecule has 3 heterocycles. The van der Waals surface area contributed by atoms with E-state index in [1.54, 1.807) is 10.7 Å². The highest BCUT2D eigenvalue weighted by Crippen LogP contribution is 2.22. The first-order chi connectivity index (χ1) is 15.5. The third-order valence-electron chi connectivity index (χ3n) is 5.07. The molecular weight excluding hydrogens is 406 g/mol. The molecule has 9 heteroatoms. The van der Waals surface area contributed by atoms with Crippen LogP contribution in [0.4, 0.5) is 11.9 Å². The Morgan fingerprint density at radius 3 is 2.50 bits per heavy atom. The minimum Gasteiger partial charge on any atom is -0.394 e. The molecule has 4 N–H and O–H groups in total. The van der Waals surface area contributed by atoms with Gasteiger partial charge in [-0.2, -0.15) is 19.6 Å². The first kappa shape index (κ1) is 21.7. The fourth-order valence-corrected chi connectivity index (χ4v) is 3.26. The van der Waals surface area contributed by atoms with Crippen molar-refractivity contribution in [3.8, 4) is 11.3 Å². The molecule has 0 bridgehead atoms. The van der Waals surface area contributed by atoms with Gasteiger partial charge in [0.05, 0.1) is 24.6 Å². The van der Waals surface area contributed by atoms with Gasteiger partial charge in [-0.15, -0.1) is 0 Å². The topological polar surface area (TPSA) is 120 Å². The summed E-state index contributed by atoms with van der Waals surface area (Å²) in [5.74, 6) is 1.11. The minimum atomic E-state index is -0.894. The van der Waals surface area contributed by atoms with Gasteiger partial charge in [-0.25, -0.2) is 0 Å². The first-order valence-electron chi connectivity index (χ1n) is 10.6. The van der Waals surface area contributed by atoms with Gasteiger partial charge in [0, 0.05) is 30.4 Å². The van der Waals surface area contributed by atoms with Crippen LogP contribution < -0.4 is 10.6 Å². The van der Waals surface area contributed by atoms with E-state index in [9.17, 15) is 5.11 Å². The Bertz CT molecular complexity index is 1160. The molecule has 166 valence electrons. The number of fused-ring (bicyclic) bond motifs is 1. The van der Waals surface area contributed by atoms with Crippen LogP contribution in [0.3, 0.4) is 0 Å². The molecule has 1 aromatic carbocycles. The predicted molar refractivity (Wildman–Crippen MR) is 123 cm³/mol. The van der Waals surface area contributed by atoms with Gasteiger partial charge in [-0.3, -0.25) is 4.98 Å². The Morgan fingerprint density at radius 2 is 1.81 bits per heavy atom. The maximum atomic E-state index is 9.65. The van der Waals surface area contributed by atoms with Crippen LogP contribution in [0, 0.1) is 0 Å². The summed E-state index contributed by atoms with van der Waals surface area (Å²) in [6, 6.07) is 14.1. The van der Waals surface area contributed by atoms with Crippen LogP contribution in [-0.4, -0.2) is 54.0 Å². The summed E-state index contributed by atoms with van der Waals surface area (Å²) >= 11 is 0. The molecule has 4 rings (SSSR count). The lowest BCUT2D eigenvalue weighted by Crippen LogP contribution is -2.24. The lowest BCUT2D eigenvalue weighted by atomic mass is 10.1. The number of anilines is 2. The molecule has 0 saturated carbocycles. The van der Waals surface area contributed by atoms with Crippen molar-refractivity contribution in [3.05, 3.63) is 66.0 Å². The largest absolute Gasteiger partial charge is 0.394 e. The molecule has 0 unspecified atom stereocenters. The van der Waals surface area contributed by atoms with Gasteiger partial charge in [0.1, 0.15) is 0 Å². The molecule has 0 saturated heterocycles. The monoisotopic (exact) mass is 433 g/mol. The van der Waals surface area contributed by atoms with Gasteiger partial charge in [0.25, 0.3) is 0 Å². The van der Waals surface area contributed by atoms with Crippen LogP contribution >= 0.6 is 0 Å². The number of aliphatic hydroxyl groups excluding tert-OH is 2. The zero-order chi connectivity index (χ0) is 22.5. The molecule has 32 heavy (non-hydrogen) atoms. The second-order valence-electron chi connectivity index (χ2n) is 7.85. The van der Waals surface area contributed by atoms with E-state index in [2.05, 4.69) is 44.5 Å². The normalized spacial score (nSPS) is 12.3. The maximum absolute atomic E-state index is 9.65. The Kier molecular flexibility index (Phi) is 6.58. The van der Waals surface area contributed by atoms with Crippen molar-refractivity contribution in [2.75, 3.05) is 23.8 Å². The van der Waals surface area contributed by atoms with Crippen molar-refractivity contribution in [2.45, 2.75) is 32.4 Å². The molecule has 0 aliphatic heterocycles. The van der Waals surface area contributed by atoms with Crippen LogP contribution in [0.1, 0.15) is 30.9 Å². The summed E-state index contributed by atoms with van der Waals surface area (Å²) in [6.45, 7) is 4.46. The highest BCUT2D eigenvalue weighted by molar-refractivity contribution is 5.59. The summed E-state index contributed by atoms with van der Waals surface area (Å²) < 4.78 is 1.68. The number of nitrogens with one attached hydrogen (secondary N) is 2. The van der Waals surface area contributed by atoms with Crippen LogP contribution in [0.2, 0.25) is 0 Å². The van der Waals surface area contributed by atoms with Gasteiger partial charge in [0.2, 0.25) is 11.9 Å². The third kappa shape index (κ3) is 4.84. The highest BCUT2D eigenvalue weighted by Gasteiger charge is 2.15. The van der Waals surface area contributed by atoms with Crippen molar-refractivity contribution in [3.63, 3.8) is 0 Å². The number of aromatic nitrogens is 5. The van der Waals surface area contributed by atoms with Crippen molar-refractivity contribution in [1.82, 2.24) is 24.6 Å². The standard InChI is InChI=1S/C23H27N7O2/c1-15(2)19-13-27-30-21(19)28-22(25-12-18(32)14-31)29-23(30)26-11-16-8-9-20(24-10-16)17-6-4-3-5-7-17/h3-10,13,15,18,31-32H,11-12,14H2,1-2H3,(H2,25,26,28,29)/t18-/m1/s1. The summed E-state index contributed by atoms with van der Waals surface area (Å²) in [7, 11) is 0. The molecule has 3 aromatic heterocycles. The van der Waals surface area contributed by atoms with E-state index in [0.29, 0.717) is 24.1 Å². The molecule has 9 nitrogen and oxygen atoms in total. The number of nitrogens with zero attached hydrogens (tertiary/aromatic N) is 5. The first-order valence-corrected chi connectivity index (χ1v) is 10.6. The Hall–Kier alpha value is -3.56. The van der Waals surface area contributed by atoms with Crippen molar-refractivity contribution < 1.29 is 10.2 Å².